The fourth-order valence-corrected chi connectivity index (χ4v) is 8.03. The van der Waals surface area contributed by atoms with Gasteiger partial charge in [-0.15, -0.1) is 6.58 Å². The summed E-state index contributed by atoms with van der Waals surface area (Å²) in [7, 11) is 0. The van der Waals surface area contributed by atoms with E-state index in [9.17, 15) is 0 Å². The van der Waals surface area contributed by atoms with Crippen LogP contribution in [-0.2, 0) is 12.8 Å². The molecular weight excluding hydrogens is 709 g/mol. The summed E-state index contributed by atoms with van der Waals surface area (Å²) in [5.41, 5.74) is 15.1. The van der Waals surface area contributed by atoms with E-state index in [0.29, 0.717) is 0 Å². The first-order chi connectivity index (χ1) is 28.2. The van der Waals surface area contributed by atoms with Gasteiger partial charge in [-0.25, -0.2) is 0 Å². The topological polar surface area (TPSA) is 9.86 Å². The minimum Gasteiger partial charge on any atom is -0.309 e. The Morgan fingerprint density at radius 1 is 0.368 bits per heavy atom. The van der Waals surface area contributed by atoms with Crippen LogP contribution in [-0.4, -0.2) is 15.4 Å². The van der Waals surface area contributed by atoms with E-state index in [1.54, 1.807) is 12.3 Å². The van der Waals surface area contributed by atoms with Gasteiger partial charge in [0.2, 0.25) is 0 Å². The predicted molar refractivity (Wildman–Crippen MR) is 250 cm³/mol. The minimum atomic E-state index is 0.905. The molecule has 57 heavy (non-hydrogen) atoms. The van der Waals surface area contributed by atoms with Crippen LogP contribution in [0, 0.1) is 0 Å². The summed E-state index contributed by atoms with van der Waals surface area (Å²) in [5.74, 6) is 0. The molecule has 0 aliphatic heterocycles. The number of hydrogen-bond donors (Lipinski definition) is 1. The second-order valence-electron chi connectivity index (χ2n) is 14.2. The maximum absolute atomic E-state index is 3.53. The van der Waals surface area contributed by atoms with Crippen molar-refractivity contribution < 1.29 is 0 Å². The van der Waals surface area contributed by atoms with Crippen LogP contribution in [0.3, 0.4) is 0 Å². The second kappa shape index (κ2) is 17.1. The van der Waals surface area contributed by atoms with Gasteiger partial charge < -0.3 is 9.13 Å². The van der Waals surface area contributed by atoms with Crippen LogP contribution in [0.2, 0.25) is 0 Å². The Morgan fingerprint density at radius 2 is 0.596 bits per heavy atom. The molecule has 0 spiro atoms. The van der Waals surface area contributed by atoms with E-state index >= 15 is 0 Å². The molecule has 10 rings (SSSR count). The Balaban J connectivity index is 0.000000871. The molecule has 0 aliphatic rings. The molecule has 0 atom stereocenters. The number of aromatic nitrogens is 2. The van der Waals surface area contributed by atoms with Crippen LogP contribution in [0.4, 0.5) is 0 Å². The van der Waals surface area contributed by atoms with E-state index in [4.69, 9.17) is 0 Å². The van der Waals surface area contributed by atoms with Gasteiger partial charge >= 0.3 is 0 Å². The first-order valence-electron chi connectivity index (χ1n) is 19.5. The van der Waals surface area contributed by atoms with Crippen molar-refractivity contribution in [2.45, 2.75) is 19.8 Å². The standard InChI is InChI=1S/C50H36N2.C3H6.CH4S/c1-5-13-47-43(9-1)44-10-2-6-14-48(44)51(47)41-29-21-37(22-30-41)33-35-17-25-39(26-18-35)40-27-19-36(20-28-40)34-38-23-31-42(32-24-38)52-49-15-7-3-11-45(49)46-12-4-8-16-50(46)52;1-3-2;1-2/h1-32H,33-34H2;3H,1H2,2H3;2H,1H3. The summed E-state index contributed by atoms with van der Waals surface area (Å²) in [6, 6.07) is 70.9. The highest BCUT2D eigenvalue weighted by Gasteiger charge is 2.13. The van der Waals surface area contributed by atoms with Crippen molar-refractivity contribution in [2.24, 2.45) is 0 Å². The lowest BCUT2D eigenvalue weighted by atomic mass is 9.98. The fraction of sp³-hybridized carbons (Fsp3) is 0.0741. The Morgan fingerprint density at radius 3 is 0.860 bits per heavy atom. The maximum atomic E-state index is 3.53. The summed E-state index contributed by atoms with van der Waals surface area (Å²) < 4.78 is 4.75. The molecule has 2 nitrogen and oxygen atoms in total. The van der Waals surface area contributed by atoms with Crippen LogP contribution in [0.1, 0.15) is 29.2 Å². The van der Waals surface area contributed by atoms with Gasteiger partial charge in [0.1, 0.15) is 0 Å². The number of allylic oxidation sites excluding steroid dienone is 1. The smallest absolute Gasteiger partial charge is 0.0541 e. The Hall–Kier alpha value is -6.55. The monoisotopic (exact) mass is 754 g/mol. The van der Waals surface area contributed by atoms with E-state index in [1.165, 1.54) is 88.4 Å². The van der Waals surface area contributed by atoms with E-state index in [-0.39, 0.29) is 0 Å². The fourth-order valence-electron chi connectivity index (χ4n) is 8.03. The number of fused-ring (bicyclic) bond motifs is 6. The first kappa shape index (κ1) is 37.4. The van der Waals surface area contributed by atoms with E-state index in [1.807, 2.05) is 6.92 Å². The van der Waals surface area contributed by atoms with Crippen molar-refractivity contribution in [3.05, 3.63) is 229 Å². The third-order valence-corrected chi connectivity index (χ3v) is 10.6. The van der Waals surface area contributed by atoms with Crippen LogP contribution in [0.15, 0.2) is 207 Å². The third kappa shape index (κ3) is 7.55. The number of benzene rings is 8. The molecule has 2 heterocycles. The van der Waals surface area contributed by atoms with Gasteiger partial charge in [-0.05, 0) is 108 Å². The average Bonchev–Trinajstić information content (AvgIpc) is 3.79. The molecule has 0 saturated heterocycles. The van der Waals surface area contributed by atoms with Crippen molar-refractivity contribution in [1.82, 2.24) is 9.13 Å². The van der Waals surface area contributed by atoms with Crippen molar-refractivity contribution in [3.63, 3.8) is 0 Å². The lowest BCUT2D eigenvalue weighted by molar-refractivity contribution is 1.15. The zero-order valence-corrected chi connectivity index (χ0v) is 33.4. The molecule has 0 fully saturated rings. The zero-order chi connectivity index (χ0) is 39.1. The van der Waals surface area contributed by atoms with Gasteiger partial charge in [0.25, 0.3) is 0 Å². The highest BCUT2D eigenvalue weighted by Crippen LogP contribution is 2.33. The second-order valence-corrected chi connectivity index (χ2v) is 14.2. The van der Waals surface area contributed by atoms with Crippen molar-refractivity contribution >= 4 is 56.2 Å². The van der Waals surface area contributed by atoms with Crippen molar-refractivity contribution in [3.8, 4) is 22.5 Å². The third-order valence-electron chi connectivity index (χ3n) is 10.6. The number of rotatable bonds is 7. The van der Waals surface area contributed by atoms with E-state index in [2.05, 4.69) is 222 Å². The lowest BCUT2D eigenvalue weighted by Gasteiger charge is -2.10. The predicted octanol–water partition coefficient (Wildman–Crippen LogP) is 14.5. The van der Waals surface area contributed by atoms with E-state index in [0.717, 1.165) is 12.8 Å². The molecule has 2 aromatic heterocycles. The molecule has 0 amide bonds. The number of para-hydroxylation sites is 4. The summed E-state index contributed by atoms with van der Waals surface area (Å²) >= 11 is 3.53. The van der Waals surface area contributed by atoms with Crippen molar-refractivity contribution in [1.29, 1.82) is 0 Å². The average molecular weight is 755 g/mol. The molecule has 0 saturated carbocycles. The van der Waals surface area contributed by atoms with Crippen LogP contribution in [0.5, 0.6) is 0 Å². The largest absolute Gasteiger partial charge is 0.309 e. The molecule has 0 aliphatic carbocycles. The highest BCUT2D eigenvalue weighted by molar-refractivity contribution is 7.79. The van der Waals surface area contributed by atoms with Crippen LogP contribution >= 0.6 is 12.6 Å². The molecule has 3 heteroatoms. The molecule has 10 aromatic rings. The number of hydrogen-bond acceptors (Lipinski definition) is 1. The van der Waals surface area contributed by atoms with Gasteiger partial charge in [-0.1, -0.05) is 152 Å². The summed E-state index contributed by atoms with van der Waals surface area (Å²) in [4.78, 5) is 0. The Labute approximate surface area is 341 Å². The Kier molecular flexibility index (Phi) is 11.2. The molecule has 0 bridgehead atoms. The van der Waals surface area contributed by atoms with Gasteiger partial charge in [-0.2, -0.15) is 12.6 Å². The first-order valence-corrected chi connectivity index (χ1v) is 20.4. The van der Waals surface area contributed by atoms with Crippen LogP contribution < -0.4 is 0 Å². The summed E-state index contributed by atoms with van der Waals surface area (Å²) in [6.07, 6.45) is 5.25. The SMILES string of the molecule is C=CC.CS.c1ccc2c(c1)c1ccccc1n2-c1ccc(Cc2ccc(-c3ccc(Cc4ccc(-n5c6ccccc6c6ccccc65)cc4)cc3)cc2)cc1. The van der Waals surface area contributed by atoms with Crippen molar-refractivity contribution in [2.75, 3.05) is 6.26 Å². The molecule has 0 radical (unpaired) electrons. The molecule has 0 N–H and O–H groups in total. The zero-order valence-electron chi connectivity index (χ0n) is 32.5. The van der Waals surface area contributed by atoms with Gasteiger partial charge in [0.15, 0.2) is 0 Å². The normalized spacial score (nSPS) is 10.9. The lowest BCUT2D eigenvalue weighted by Crippen LogP contribution is -1.95. The quantitative estimate of drug-likeness (QED) is 0.123. The number of thiol groups is 1. The van der Waals surface area contributed by atoms with E-state index < -0.39 is 0 Å². The van der Waals surface area contributed by atoms with Gasteiger partial charge in [0, 0.05) is 32.9 Å². The molecule has 0 unspecified atom stereocenters. The van der Waals surface area contributed by atoms with Crippen LogP contribution in [0.25, 0.3) is 66.1 Å². The minimum absolute atomic E-state index is 0.905. The van der Waals surface area contributed by atoms with Gasteiger partial charge in [-0.3, -0.25) is 0 Å². The Bertz CT molecular complexity index is 2600. The highest BCUT2D eigenvalue weighted by atomic mass is 32.1. The van der Waals surface area contributed by atoms with Gasteiger partial charge in [0.05, 0.1) is 22.1 Å². The molecular formula is C54H46N2S. The number of nitrogens with zero attached hydrogens (tertiary/aromatic N) is 2. The molecule has 278 valence electrons. The molecule has 8 aromatic carbocycles. The summed E-state index contributed by atoms with van der Waals surface area (Å²) in [6.45, 7) is 5.25. The summed E-state index contributed by atoms with van der Waals surface area (Å²) in [5, 5.41) is 5.16. The maximum Gasteiger partial charge on any atom is 0.0541 e.